The fourth-order valence-electron chi connectivity index (χ4n) is 1.56. The van der Waals surface area contributed by atoms with Gasteiger partial charge in [-0.25, -0.2) is 0 Å². The van der Waals surface area contributed by atoms with Gasteiger partial charge in [0.25, 0.3) is 0 Å². The average Bonchev–Trinajstić information content (AvgIpc) is 2.38. The zero-order valence-corrected chi connectivity index (χ0v) is 10.2. The summed E-state index contributed by atoms with van der Waals surface area (Å²) in [6.45, 7) is 0. The van der Waals surface area contributed by atoms with Crippen molar-refractivity contribution in [1.29, 1.82) is 0 Å². The van der Waals surface area contributed by atoms with E-state index in [1.165, 1.54) is 0 Å². The highest BCUT2D eigenvalue weighted by Crippen LogP contribution is 2.30. The van der Waals surface area contributed by atoms with Gasteiger partial charge in [0.15, 0.2) is 0 Å². The van der Waals surface area contributed by atoms with E-state index in [-0.39, 0.29) is 6.04 Å². The predicted octanol–water partition coefficient (Wildman–Crippen LogP) is 3.18. The van der Waals surface area contributed by atoms with Gasteiger partial charge in [0.2, 0.25) is 0 Å². The standard InChI is InChI=1S/C14H15NOS/c15-12(11-6-2-1-3-7-11)10-17-14-9-5-4-8-13(14)16/h1-9,12,16H,10,15H2. The molecule has 0 spiro atoms. The van der Waals surface area contributed by atoms with Crippen LogP contribution >= 0.6 is 11.8 Å². The van der Waals surface area contributed by atoms with Crippen LogP contribution in [0.5, 0.6) is 5.75 Å². The first-order chi connectivity index (χ1) is 8.27. The smallest absolute Gasteiger partial charge is 0.129 e. The molecule has 2 aromatic carbocycles. The number of rotatable bonds is 4. The van der Waals surface area contributed by atoms with Crippen LogP contribution in [0.25, 0.3) is 0 Å². The summed E-state index contributed by atoms with van der Waals surface area (Å²) in [5.74, 6) is 1.07. The number of phenols is 1. The molecule has 0 aliphatic rings. The first-order valence-corrected chi connectivity index (χ1v) is 6.47. The van der Waals surface area contributed by atoms with Gasteiger partial charge in [0.1, 0.15) is 5.75 Å². The second-order valence-corrected chi connectivity index (χ2v) is 4.86. The molecule has 2 rings (SSSR count). The molecule has 0 aliphatic heterocycles. The minimum atomic E-state index is -0.0131. The lowest BCUT2D eigenvalue weighted by Gasteiger charge is -2.11. The Kier molecular flexibility index (Phi) is 4.07. The number of aromatic hydroxyl groups is 1. The maximum absolute atomic E-state index is 9.63. The first kappa shape index (κ1) is 12.0. The second-order valence-electron chi connectivity index (χ2n) is 3.80. The molecule has 0 saturated carbocycles. The molecule has 0 heterocycles. The van der Waals surface area contributed by atoms with Crippen LogP contribution in [0.1, 0.15) is 11.6 Å². The van der Waals surface area contributed by atoms with Crippen LogP contribution in [-0.4, -0.2) is 10.9 Å². The fraction of sp³-hybridized carbons (Fsp3) is 0.143. The summed E-state index contributed by atoms with van der Waals surface area (Å²) in [6.07, 6.45) is 0. The molecule has 3 heteroatoms. The van der Waals surface area contributed by atoms with E-state index in [0.29, 0.717) is 5.75 Å². The first-order valence-electron chi connectivity index (χ1n) is 5.48. The Morgan fingerprint density at radius 2 is 1.65 bits per heavy atom. The Morgan fingerprint density at radius 3 is 2.35 bits per heavy atom. The molecule has 1 unspecified atom stereocenters. The summed E-state index contributed by atoms with van der Waals surface area (Å²) < 4.78 is 0. The molecule has 17 heavy (non-hydrogen) atoms. The topological polar surface area (TPSA) is 46.2 Å². The molecule has 3 N–H and O–H groups in total. The van der Waals surface area contributed by atoms with Crippen LogP contribution in [-0.2, 0) is 0 Å². The van der Waals surface area contributed by atoms with Crippen LogP contribution in [0.3, 0.4) is 0 Å². The number of nitrogens with two attached hydrogens (primary N) is 1. The van der Waals surface area contributed by atoms with E-state index in [1.54, 1.807) is 17.8 Å². The van der Waals surface area contributed by atoms with Crippen LogP contribution < -0.4 is 5.73 Å². The van der Waals surface area contributed by atoms with Crippen molar-refractivity contribution in [3.8, 4) is 5.75 Å². The lowest BCUT2D eigenvalue weighted by molar-refractivity contribution is 0.462. The molecule has 1 atom stereocenters. The van der Waals surface area contributed by atoms with Crippen LogP contribution in [0.2, 0.25) is 0 Å². The van der Waals surface area contributed by atoms with Gasteiger partial charge in [-0.2, -0.15) is 0 Å². The number of hydrogen-bond donors (Lipinski definition) is 2. The third-order valence-corrected chi connectivity index (χ3v) is 3.69. The highest BCUT2D eigenvalue weighted by atomic mass is 32.2. The Morgan fingerprint density at radius 1 is 1.00 bits per heavy atom. The number of phenolic OH excluding ortho intramolecular Hbond substituents is 1. The third kappa shape index (κ3) is 3.25. The fourth-order valence-corrected chi connectivity index (χ4v) is 2.50. The minimum Gasteiger partial charge on any atom is -0.507 e. The number of benzene rings is 2. The SMILES string of the molecule is NC(CSc1ccccc1O)c1ccccc1. The van der Waals surface area contributed by atoms with Gasteiger partial charge in [-0.1, -0.05) is 42.5 Å². The van der Waals surface area contributed by atoms with Gasteiger partial charge in [-0.3, -0.25) is 0 Å². The van der Waals surface area contributed by atoms with Crippen molar-refractivity contribution >= 4 is 11.8 Å². The average molecular weight is 245 g/mol. The monoisotopic (exact) mass is 245 g/mol. The van der Waals surface area contributed by atoms with E-state index in [0.717, 1.165) is 16.2 Å². The van der Waals surface area contributed by atoms with Gasteiger partial charge < -0.3 is 10.8 Å². The number of hydrogen-bond acceptors (Lipinski definition) is 3. The molecular weight excluding hydrogens is 230 g/mol. The van der Waals surface area contributed by atoms with E-state index in [2.05, 4.69) is 0 Å². The summed E-state index contributed by atoms with van der Waals surface area (Å²) in [5, 5.41) is 9.63. The number of para-hydroxylation sites is 1. The molecule has 0 bridgehead atoms. The van der Waals surface area contributed by atoms with E-state index < -0.39 is 0 Å². The molecule has 0 radical (unpaired) electrons. The number of thioether (sulfide) groups is 1. The van der Waals surface area contributed by atoms with Crippen LogP contribution in [0, 0.1) is 0 Å². The zero-order valence-electron chi connectivity index (χ0n) is 9.41. The maximum Gasteiger partial charge on any atom is 0.129 e. The lowest BCUT2D eigenvalue weighted by atomic mass is 10.1. The third-order valence-electron chi connectivity index (χ3n) is 2.51. The van der Waals surface area contributed by atoms with Crippen molar-refractivity contribution in [3.05, 3.63) is 60.2 Å². The molecule has 0 aromatic heterocycles. The van der Waals surface area contributed by atoms with Gasteiger partial charge in [-0.15, -0.1) is 11.8 Å². The van der Waals surface area contributed by atoms with E-state index in [9.17, 15) is 5.11 Å². The minimum absolute atomic E-state index is 0.0131. The van der Waals surface area contributed by atoms with Crippen molar-refractivity contribution in [3.63, 3.8) is 0 Å². The molecular formula is C14H15NOS. The summed E-state index contributed by atoms with van der Waals surface area (Å²) in [7, 11) is 0. The highest BCUT2D eigenvalue weighted by molar-refractivity contribution is 7.99. The lowest BCUT2D eigenvalue weighted by Crippen LogP contribution is -2.12. The van der Waals surface area contributed by atoms with E-state index >= 15 is 0 Å². The molecule has 0 aliphatic carbocycles. The molecule has 0 saturated heterocycles. The van der Waals surface area contributed by atoms with E-state index in [1.807, 2.05) is 48.5 Å². The highest BCUT2D eigenvalue weighted by Gasteiger charge is 2.07. The largest absolute Gasteiger partial charge is 0.507 e. The molecule has 2 nitrogen and oxygen atoms in total. The van der Waals surface area contributed by atoms with Crippen molar-refractivity contribution in [2.45, 2.75) is 10.9 Å². The summed E-state index contributed by atoms with van der Waals surface area (Å²) >= 11 is 1.57. The van der Waals surface area contributed by atoms with Gasteiger partial charge in [-0.05, 0) is 17.7 Å². The van der Waals surface area contributed by atoms with Crippen LogP contribution in [0.4, 0.5) is 0 Å². The van der Waals surface area contributed by atoms with Crippen molar-refractivity contribution in [2.24, 2.45) is 5.73 Å². The van der Waals surface area contributed by atoms with Crippen molar-refractivity contribution in [1.82, 2.24) is 0 Å². The Hall–Kier alpha value is -1.45. The Bertz CT molecular complexity index is 473. The summed E-state index contributed by atoms with van der Waals surface area (Å²) in [6, 6.07) is 17.3. The molecule has 0 amide bonds. The van der Waals surface area contributed by atoms with Gasteiger partial charge >= 0.3 is 0 Å². The van der Waals surface area contributed by atoms with Gasteiger partial charge in [0.05, 0.1) is 0 Å². The molecule has 0 fully saturated rings. The van der Waals surface area contributed by atoms with E-state index in [4.69, 9.17) is 5.73 Å². The normalized spacial score (nSPS) is 12.3. The maximum atomic E-state index is 9.63. The molecule has 2 aromatic rings. The quantitative estimate of drug-likeness (QED) is 0.813. The van der Waals surface area contributed by atoms with Crippen molar-refractivity contribution in [2.75, 3.05) is 5.75 Å². The second kappa shape index (κ2) is 5.75. The van der Waals surface area contributed by atoms with Crippen molar-refractivity contribution < 1.29 is 5.11 Å². The summed E-state index contributed by atoms with van der Waals surface area (Å²) in [5.41, 5.74) is 7.21. The Balaban J connectivity index is 1.97. The summed E-state index contributed by atoms with van der Waals surface area (Å²) in [4.78, 5) is 0.874. The Labute approximate surface area is 105 Å². The predicted molar refractivity (Wildman–Crippen MR) is 72.2 cm³/mol. The molecule has 88 valence electrons. The van der Waals surface area contributed by atoms with Gasteiger partial charge in [0, 0.05) is 16.7 Å². The van der Waals surface area contributed by atoms with Crippen LogP contribution in [0.15, 0.2) is 59.5 Å². The zero-order chi connectivity index (χ0) is 12.1.